The summed E-state index contributed by atoms with van der Waals surface area (Å²) >= 11 is 3.89. The average Bonchev–Trinajstić information content (AvgIpc) is 2.71. The molecular formula is C20H26BrNO2. The summed E-state index contributed by atoms with van der Waals surface area (Å²) in [5.41, 5.74) is 1.48. The van der Waals surface area contributed by atoms with E-state index < -0.39 is 5.41 Å². The van der Waals surface area contributed by atoms with Crippen LogP contribution >= 0.6 is 15.9 Å². The number of carbonyl (C=O) groups excluding carboxylic acids is 1. The van der Waals surface area contributed by atoms with Gasteiger partial charge in [0.25, 0.3) is 0 Å². The van der Waals surface area contributed by atoms with Crippen LogP contribution in [0, 0.1) is 10.8 Å². The van der Waals surface area contributed by atoms with Crippen molar-refractivity contribution in [2.45, 2.75) is 50.9 Å². The highest BCUT2D eigenvalue weighted by atomic mass is 79.9. The molecule has 1 saturated heterocycles. The molecule has 1 aliphatic heterocycles. The van der Waals surface area contributed by atoms with Crippen molar-refractivity contribution in [3.63, 3.8) is 0 Å². The SMILES string of the molecule is C=C1N(Cc2ccc(OC)cc2)C(=O)C(C)(C)[C@@]12CCCC[C@@H]2Br. The lowest BCUT2D eigenvalue weighted by Crippen LogP contribution is -2.46. The third kappa shape index (κ3) is 2.42. The number of likely N-dealkylation sites (tertiary alicyclic amines) is 1. The summed E-state index contributed by atoms with van der Waals surface area (Å²) in [6.07, 6.45) is 4.51. The lowest BCUT2D eigenvalue weighted by Gasteiger charge is -2.46. The number of allylic oxidation sites excluding steroid dienone is 1. The fourth-order valence-electron chi connectivity index (χ4n) is 4.49. The molecule has 4 heteroatoms. The van der Waals surface area contributed by atoms with Gasteiger partial charge in [-0.05, 0) is 30.5 Å². The number of alkyl halides is 1. The molecule has 1 saturated carbocycles. The van der Waals surface area contributed by atoms with E-state index in [4.69, 9.17) is 4.74 Å². The molecule has 0 aromatic heterocycles. The van der Waals surface area contributed by atoms with E-state index in [9.17, 15) is 4.79 Å². The van der Waals surface area contributed by atoms with Gasteiger partial charge in [-0.15, -0.1) is 0 Å². The number of rotatable bonds is 3. The third-order valence-electron chi connectivity index (χ3n) is 6.05. The Morgan fingerprint density at radius 3 is 2.54 bits per heavy atom. The molecular weight excluding hydrogens is 366 g/mol. The van der Waals surface area contributed by atoms with Crippen LogP contribution in [0.25, 0.3) is 0 Å². The molecule has 0 bridgehead atoms. The van der Waals surface area contributed by atoms with Crippen molar-refractivity contribution in [2.75, 3.05) is 7.11 Å². The van der Waals surface area contributed by atoms with Crippen LogP contribution in [-0.4, -0.2) is 22.7 Å². The van der Waals surface area contributed by atoms with Crippen LogP contribution < -0.4 is 4.74 Å². The second kappa shape index (κ2) is 6.21. The lowest BCUT2D eigenvalue weighted by atomic mass is 9.59. The number of hydrogen-bond acceptors (Lipinski definition) is 2. The zero-order valence-electron chi connectivity index (χ0n) is 14.8. The Balaban J connectivity index is 1.92. The Morgan fingerprint density at radius 1 is 1.29 bits per heavy atom. The molecule has 1 spiro atoms. The monoisotopic (exact) mass is 391 g/mol. The van der Waals surface area contributed by atoms with Crippen molar-refractivity contribution >= 4 is 21.8 Å². The van der Waals surface area contributed by atoms with E-state index in [1.165, 1.54) is 6.42 Å². The lowest BCUT2D eigenvalue weighted by molar-refractivity contribution is -0.137. The summed E-state index contributed by atoms with van der Waals surface area (Å²) in [4.78, 5) is 15.4. The van der Waals surface area contributed by atoms with Crippen molar-refractivity contribution in [2.24, 2.45) is 10.8 Å². The number of carbonyl (C=O) groups is 1. The number of ether oxygens (including phenoxy) is 1. The molecule has 0 unspecified atom stereocenters. The summed E-state index contributed by atoms with van der Waals surface area (Å²) in [6, 6.07) is 7.91. The zero-order valence-corrected chi connectivity index (χ0v) is 16.4. The van der Waals surface area contributed by atoms with Gasteiger partial charge in [0.1, 0.15) is 5.75 Å². The normalized spacial score (nSPS) is 29.3. The van der Waals surface area contributed by atoms with Gasteiger partial charge in [0.05, 0.1) is 19.1 Å². The largest absolute Gasteiger partial charge is 0.497 e. The topological polar surface area (TPSA) is 29.5 Å². The number of hydrogen-bond donors (Lipinski definition) is 0. The number of nitrogens with zero attached hydrogens (tertiary/aromatic N) is 1. The summed E-state index contributed by atoms with van der Waals surface area (Å²) in [5.74, 6) is 1.02. The van der Waals surface area contributed by atoms with Crippen molar-refractivity contribution in [3.05, 3.63) is 42.1 Å². The molecule has 3 rings (SSSR count). The minimum Gasteiger partial charge on any atom is -0.497 e. The van der Waals surface area contributed by atoms with E-state index in [0.29, 0.717) is 11.4 Å². The summed E-state index contributed by atoms with van der Waals surface area (Å²) in [6.45, 7) is 9.15. The Morgan fingerprint density at radius 2 is 1.96 bits per heavy atom. The molecule has 1 aromatic carbocycles. The van der Waals surface area contributed by atoms with E-state index in [1.807, 2.05) is 29.2 Å². The molecule has 3 nitrogen and oxygen atoms in total. The van der Waals surface area contributed by atoms with Gasteiger partial charge in [-0.25, -0.2) is 0 Å². The fraction of sp³-hybridized carbons (Fsp3) is 0.550. The molecule has 130 valence electrons. The highest BCUT2D eigenvalue weighted by Gasteiger charge is 2.63. The molecule has 1 amide bonds. The molecule has 24 heavy (non-hydrogen) atoms. The summed E-state index contributed by atoms with van der Waals surface area (Å²) < 4.78 is 5.21. The minimum absolute atomic E-state index is 0.172. The van der Waals surface area contributed by atoms with Gasteiger partial charge in [-0.2, -0.15) is 0 Å². The van der Waals surface area contributed by atoms with E-state index in [0.717, 1.165) is 36.3 Å². The Hall–Kier alpha value is -1.29. The van der Waals surface area contributed by atoms with Gasteiger partial charge in [0, 0.05) is 15.9 Å². The molecule has 1 aliphatic carbocycles. The van der Waals surface area contributed by atoms with Crippen molar-refractivity contribution in [1.29, 1.82) is 0 Å². The van der Waals surface area contributed by atoms with Gasteiger partial charge in [-0.1, -0.05) is 61.3 Å². The summed E-state index contributed by atoms with van der Waals surface area (Å²) in [7, 11) is 1.66. The quantitative estimate of drug-likeness (QED) is 0.685. The van der Waals surface area contributed by atoms with E-state index in [1.54, 1.807) is 7.11 Å². The molecule has 2 fully saturated rings. The molecule has 0 N–H and O–H groups in total. The zero-order chi connectivity index (χ0) is 17.5. The highest BCUT2D eigenvalue weighted by molar-refractivity contribution is 9.09. The first-order chi connectivity index (χ1) is 11.3. The van der Waals surface area contributed by atoms with Crippen LogP contribution in [0.2, 0.25) is 0 Å². The number of halogens is 1. The predicted octanol–water partition coefficient (Wildman–Crippen LogP) is 4.90. The fourth-order valence-corrected chi connectivity index (χ4v) is 5.88. The van der Waals surface area contributed by atoms with Crippen LogP contribution in [0.3, 0.4) is 0 Å². The molecule has 2 aliphatic rings. The predicted molar refractivity (Wildman–Crippen MR) is 100 cm³/mol. The first-order valence-electron chi connectivity index (χ1n) is 8.63. The van der Waals surface area contributed by atoms with Gasteiger partial charge >= 0.3 is 0 Å². The van der Waals surface area contributed by atoms with Gasteiger partial charge in [0.15, 0.2) is 0 Å². The van der Waals surface area contributed by atoms with Gasteiger partial charge in [-0.3, -0.25) is 4.79 Å². The Labute approximate surface area is 153 Å². The maximum absolute atomic E-state index is 13.2. The van der Waals surface area contributed by atoms with Crippen molar-refractivity contribution in [1.82, 2.24) is 4.90 Å². The van der Waals surface area contributed by atoms with Crippen LogP contribution in [0.1, 0.15) is 45.1 Å². The first-order valence-corrected chi connectivity index (χ1v) is 9.54. The van der Waals surface area contributed by atoms with Gasteiger partial charge < -0.3 is 9.64 Å². The van der Waals surface area contributed by atoms with Crippen molar-refractivity contribution in [3.8, 4) is 5.75 Å². The molecule has 1 heterocycles. The Kier molecular flexibility index (Phi) is 4.54. The second-order valence-electron chi connectivity index (χ2n) is 7.50. The standard InChI is InChI=1S/C20H26BrNO2/c1-14-20(12-6-5-7-17(20)21)19(2,3)18(23)22(14)13-15-8-10-16(24-4)11-9-15/h8-11,17H,1,5-7,12-13H2,2-4H3/t17-,20-/m0/s1. The van der Waals surface area contributed by atoms with E-state index >= 15 is 0 Å². The smallest absolute Gasteiger partial charge is 0.233 e. The number of benzene rings is 1. The van der Waals surface area contributed by atoms with E-state index in [2.05, 4.69) is 36.4 Å². The Bertz CT molecular complexity index is 652. The van der Waals surface area contributed by atoms with E-state index in [-0.39, 0.29) is 11.3 Å². The van der Waals surface area contributed by atoms with Crippen LogP contribution in [0.15, 0.2) is 36.5 Å². The third-order valence-corrected chi connectivity index (χ3v) is 7.29. The number of methoxy groups -OCH3 is 1. The maximum Gasteiger partial charge on any atom is 0.233 e. The highest BCUT2D eigenvalue weighted by Crippen LogP contribution is 2.62. The molecule has 0 radical (unpaired) electrons. The maximum atomic E-state index is 13.2. The van der Waals surface area contributed by atoms with Gasteiger partial charge in [0.2, 0.25) is 5.91 Å². The first kappa shape index (κ1) is 17.5. The van der Waals surface area contributed by atoms with Crippen LogP contribution in [0.4, 0.5) is 0 Å². The average molecular weight is 392 g/mol. The van der Waals surface area contributed by atoms with Crippen LogP contribution in [0.5, 0.6) is 5.75 Å². The molecule has 1 aromatic rings. The second-order valence-corrected chi connectivity index (χ2v) is 8.60. The number of amides is 1. The minimum atomic E-state index is -0.425. The van der Waals surface area contributed by atoms with Crippen LogP contribution in [-0.2, 0) is 11.3 Å². The molecule has 2 atom stereocenters. The summed E-state index contributed by atoms with van der Waals surface area (Å²) in [5, 5.41) is 0. The van der Waals surface area contributed by atoms with Crippen molar-refractivity contribution < 1.29 is 9.53 Å².